The van der Waals surface area contributed by atoms with Gasteiger partial charge in [-0.05, 0) is 31.5 Å². The van der Waals surface area contributed by atoms with Gasteiger partial charge in [-0.1, -0.05) is 30.3 Å². The van der Waals surface area contributed by atoms with Gasteiger partial charge in [-0.25, -0.2) is 8.42 Å². The Labute approximate surface area is 194 Å². The number of fused-ring (bicyclic) bond motifs is 1. The second-order valence-electron chi connectivity index (χ2n) is 7.68. The van der Waals surface area contributed by atoms with Crippen molar-refractivity contribution in [3.63, 3.8) is 0 Å². The zero-order valence-corrected chi connectivity index (χ0v) is 19.8. The van der Waals surface area contributed by atoms with E-state index in [0.29, 0.717) is 31.3 Å². The smallest absolute Gasteiger partial charge is 0.244 e. The van der Waals surface area contributed by atoms with Crippen LogP contribution in [0.25, 0.3) is 0 Å². The standard InChI is InChI=1S/C23H29N3O6S/c1-4-24-23(28)17(2)25(15-18-8-6-5-7-9-18)22(27)16-26(33(3,29)30)19-10-11-20-21(14-19)32-13-12-31-20/h5-11,14,17H,4,12-13,15-16H2,1-3H3,(H,24,28)/t17-/m0/s1. The van der Waals surface area contributed by atoms with Gasteiger partial charge in [0.15, 0.2) is 11.5 Å². The maximum absolute atomic E-state index is 13.4. The SMILES string of the molecule is CCNC(=O)[C@H](C)N(Cc1ccccc1)C(=O)CN(c1ccc2c(c1)OCCO2)S(C)(=O)=O. The number of sulfonamides is 1. The summed E-state index contributed by atoms with van der Waals surface area (Å²) in [6, 6.07) is 13.2. The molecule has 0 saturated carbocycles. The fraction of sp³-hybridized carbons (Fsp3) is 0.391. The molecule has 0 aromatic heterocycles. The van der Waals surface area contributed by atoms with E-state index < -0.39 is 28.5 Å². The second kappa shape index (κ2) is 10.6. The van der Waals surface area contributed by atoms with Crippen molar-refractivity contribution in [3.8, 4) is 11.5 Å². The highest BCUT2D eigenvalue weighted by atomic mass is 32.2. The van der Waals surface area contributed by atoms with E-state index in [2.05, 4.69) is 5.32 Å². The average Bonchev–Trinajstić information content (AvgIpc) is 2.80. The van der Waals surface area contributed by atoms with Gasteiger partial charge in [0, 0.05) is 19.2 Å². The summed E-state index contributed by atoms with van der Waals surface area (Å²) in [4.78, 5) is 27.3. The molecule has 9 nitrogen and oxygen atoms in total. The number of nitrogens with zero attached hydrogens (tertiary/aromatic N) is 2. The maximum Gasteiger partial charge on any atom is 0.244 e. The predicted octanol–water partition coefficient (Wildman–Crippen LogP) is 1.78. The molecule has 1 N–H and O–H groups in total. The van der Waals surface area contributed by atoms with Crippen molar-refractivity contribution in [3.05, 3.63) is 54.1 Å². The monoisotopic (exact) mass is 475 g/mol. The van der Waals surface area contributed by atoms with E-state index in [9.17, 15) is 18.0 Å². The number of anilines is 1. The molecule has 1 aliphatic heterocycles. The van der Waals surface area contributed by atoms with Crippen molar-refractivity contribution in [2.24, 2.45) is 0 Å². The molecule has 0 saturated heterocycles. The lowest BCUT2D eigenvalue weighted by molar-refractivity contribution is -0.139. The molecule has 0 spiro atoms. The molecule has 2 amide bonds. The van der Waals surface area contributed by atoms with Gasteiger partial charge < -0.3 is 19.7 Å². The van der Waals surface area contributed by atoms with Crippen LogP contribution >= 0.6 is 0 Å². The minimum atomic E-state index is -3.81. The van der Waals surface area contributed by atoms with Crippen LogP contribution in [-0.4, -0.2) is 63.7 Å². The van der Waals surface area contributed by atoms with E-state index in [-0.39, 0.29) is 18.1 Å². The summed E-state index contributed by atoms with van der Waals surface area (Å²) in [5.41, 5.74) is 1.10. The van der Waals surface area contributed by atoms with Gasteiger partial charge in [-0.2, -0.15) is 0 Å². The summed E-state index contributed by atoms with van der Waals surface area (Å²) in [6.07, 6.45) is 1.03. The Bertz CT molecular complexity index is 1090. The van der Waals surface area contributed by atoms with Crippen LogP contribution in [0.3, 0.4) is 0 Å². The summed E-state index contributed by atoms with van der Waals surface area (Å²) < 4.78 is 37.3. The first kappa shape index (κ1) is 24.4. The Balaban J connectivity index is 1.90. The van der Waals surface area contributed by atoms with Crippen molar-refractivity contribution < 1.29 is 27.5 Å². The number of amides is 2. The number of hydrogen-bond acceptors (Lipinski definition) is 6. The van der Waals surface area contributed by atoms with Crippen LogP contribution in [0.1, 0.15) is 19.4 Å². The Morgan fingerprint density at radius 3 is 2.36 bits per heavy atom. The number of carbonyl (C=O) groups excluding carboxylic acids is 2. The highest BCUT2D eigenvalue weighted by Gasteiger charge is 2.30. The first-order chi connectivity index (χ1) is 15.7. The zero-order valence-electron chi connectivity index (χ0n) is 19.0. The number of carbonyl (C=O) groups is 2. The normalized spacial score (nSPS) is 13.7. The summed E-state index contributed by atoms with van der Waals surface area (Å²) in [5.74, 6) is 0.113. The van der Waals surface area contributed by atoms with Gasteiger partial charge in [0.2, 0.25) is 21.8 Å². The van der Waals surface area contributed by atoms with Crippen molar-refractivity contribution in [1.82, 2.24) is 10.2 Å². The van der Waals surface area contributed by atoms with Gasteiger partial charge in [-0.3, -0.25) is 13.9 Å². The first-order valence-electron chi connectivity index (χ1n) is 10.7. The Hall–Kier alpha value is -3.27. The fourth-order valence-electron chi connectivity index (χ4n) is 3.49. The van der Waals surface area contributed by atoms with Gasteiger partial charge >= 0.3 is 0 Å². The Morgan fingerprint density at radius 2 is 1.73 bits per heavy atom. The van der Waals surface area contributed by atoms with Gasteiger partial charge in [0.25, 0.3) is 0 Å². The minimum Gasteiger partial charge on any atom is -0.486 e. The lowest BCUT2D eigenvalue weighted by atomic mass is 10.1. The van der Waals surface area contributed by atoms with Crippen LogP contribution < -0.4 is 19.1 Å². The van der Waals surface area contributed by atoms with E-state index >= 15 is 0 Å². The number of ether oxygens (including phenoxy) is 2. The van der Waals surface area contributed by atoms with Crippen molar-refractivity contribution in [2.75, 3.05) is 36.9 Å². The van der Waals surface area contributed by atoms with Crippen molar-refractivity contribution in [1.29, 1.82) is 0 Å². The molecule has 178 valence electrons. The molecule has 0 bridgehead atoms. The third-order valence-electron chi connectivity index (χ3n) is 5.21. The Morgan fingerprint density at radius 1 is 1.06 bits per heavy atom. The molecule has 0 fully saturated rings. The van der Waals surface area contributed by atoms with Crippen LogP contribution in [0.4, 0.5) is 5.69 Å². The molecule has 2 aromatic rings. The molecule has 1 atom stereocenters. The number of hydrogen-bond donors (Lipinski definition) is 1. The largest absolute Gasteiger partial charge is 0.486 e. The van der Waals surface area contributed by atoms with E-state index in [1.807, 2.05) is 30.3 Å². The Kier molecular flexibility index (Phi) is 7.80. The van der Waals surface area contributed by atoms with E-state index in [1.54, 1.807) is 26.0 Å². The van der Waals surface area contributed by atoms with Gasteiger partial charge in [-0.15, -0.1) is 0 Å². The molecule has 3 rings (SSSR count). The number of likely N-dealkylation sites (N-methyl/N-ethyl adjacent to an activating group) is 1. The maximum atomic E-state index is 13.4. The molecule has 2 aromatic carbocycles. The zero-order chi connectivity index (χ0) is 24.0. The van der Waals surface area contributed by atoms with E-state index in [4.69, 9.17) is 9.47 Å². The summed E-state index contributed by atoms with van der Waals surface area (Å²) in [5, 5.41) is 2.72. The topological polar surface area (TPSA) is 105 Å². The molecule has 33 heavy (non-hydrogen) atoms. The number of nitrogens with one attached hydrogen (secondary N) is 1. The van der Waals surface area contributed by atoms with Crippen LogP contribution in [0.5, 0.6) is 11.5 Å². The van der Waals surface area contributed by atoms with Crippen molar-refractivity contribution >= 4 is 27.5 Å². The van der Waals surface area contributed by atoms with Gasteiger partial charge in [0.05, 0.1) is 11.9 Å². The third kappa shape index (κ3) is 6.16. The first-order valence-corrected chi connectivity index (χ1v) is 12.5. The molecule has 1 heterocycles. The molecular formula is C23H29N3O6S. The fourth-order valence-corrected chi connectivity index (χ4v) is 4.33. The quantitative estimate of drug-likeness (QED) is 0.593. The molecule has 0 aliphatic carbocycles. The minimum absolute atomic E-state index is 0.163. The lowest BCUT2D eigenvalue weighted by Gasteiger charge is -2.31. The second-order valence-corrected chi connectivity index (χ2v) is 9.58. The highest BCUT2D eigenvalue weighted by molar-refractivity contribution is 7.92. The van der Waals surface area contributed by atoms with Crippen LogP contribution in [0, 0.1) is 0 Å². The lowest BCUT2D eigenvalue weighted by Crippen LogP contribution is -2.51. The van der Waals surface area contributed by atoms with E-state index in [1.165, 1.54) is 11.0 Å². The van der Waals surface area contributed by atoms with Gasteiger partial charge in [0.1, 0.15) is 25.8 Å². The molecule has 1 aliphatic rings. The summed E-state index contributed by atoms with van der Waals surface area (Å²) in [7, 11) is -3.81. The molecule has 10 heteroatoms. The third-order valence-corrected chi connectivity index (χ3v) is 6.35. The van der Waals surface area contributed by atoms with E-state index in [0.717, 1.165) is 16.1 Å². The molecule has 0 radical (unpaired) electrons. The molecule has 0 unspecified atom stereocenters. The van der Waals surface area contributed by atoms with Crippen LogP contribution in [0.2, 0.25) is 0 Å². The number of benzene rings is 2. The van der Waals surface area contributed by atoms with Crippen LogP contribution in [-0.2, 0) is 26.2 Å². The molecular weight excluding hydrogens is 446 g/mol. The van der Waals surface area contributed by atoms with Crippen LogP contribution in [0.15, 0.2) is 48.5 Å². The highest BCUT2D eigenvalue weighted by Crippen LogP contribution is 2.34. The number of rotatable bonds is 9. The van der Waals surface area contributed by atoms with Crippen molar-refractivity contribution in [2.45, 2.75) is 26.4 Å². The average molecular weight is 476 g/mol. The summed E-state index contributed by atoms with van der Waals surface area (Å²) >= 11 is 0. The summed E-state index contributed by atoms with van der Waals surface area (Å²) in [6.45, 7) is 4.30. The predicted molar refractivity (Wildman–Crippen MR) is 125 cm³/mol.